The van der Waals surface area contributed by atoms with E-state index >= 15 is 0 Å². The molecule has 0 radical (unpaired) electrons. The van der Waals surface area contributed by atoms with Gasteiger partial charge in [0.15, 0.2) is 0 Å². The second-order valence-electron chi connectivity index (χ2n) is 5.27. The monoisotopic (exact) mass is 325 g/mol. The first-order chi connectivity index (χ1) is 9.29. The maximum atomic E-state index is 5.54. The predicted molar refractivity (Wildman–Crippen MR) is 83.6 cm³/mol. The van der Waals surface area contributed by atoms with Crippen molar-refractivity contribution < 1.29 is 4.74 Å². The molecule has 0 aromatic heterocycles. The highest BCUT2D eigenvalue weighted by molar-refractivity contribution is 9.10. The molecule has 1 aliphatic carbocycles. The van der Waals surface area contributed by atoms with E-state index in [-0.39, 0.29) is 0 Å². The van der Waals surface area contributed by atoms with Crippen molar-refractivity contribution in [3.05, 3.63) is 28.2 Å². The van der Waals surface area contributed by atoms with Crippen LogP contribution in [0.4, 0.5) is 0 Å². The fourth-order valence-electron chi connectivity index (χ4n) is 2.67. The number of rotatable bonds is 5. The average Bonchev–Trinajstić information content (AvgIpc) is 2.68. The van der Waals surface area contributed by atoms with Gasteiger partial charge >= 0.3 is 0 Å². The molecule has 0 atom stereocenters. The third-order valence-corrected chi connectivity index (χ3v) is 4.37. The number of hydrogen-bond donors (Lipinski definition) is 1. The zero-order valence-electron chi connectivity index (χ0n) is 11.8. The lowest BCUT2D eigenvalue weighted by Crippen LogP contribution is -2.27. The molecule has 106 valence electrons. The van der Waals surface area contributed by atoms with Gasteiger partial charge in [0.1, 0.15) is 5.75 Å². The number of halogens is 1. The molecule has 0 bridgehead atoms. The number of nitrogens with one attached hydrogen (secondary N) is 1. The molecule has 19 heavy (non-hydrogen) atoms. The van der Waals surface area contributed by atoms with E-state index in [0.717, 1.165) is 16.8 Å². The van der Waals surface area contributed by atoms with E-state index in [4.69, 9.17) is 4.74 Å². The molecule has 1 aromatic rings. The molecule has 3 heteroatoms. The summed E-state index contributed by atoms with van der Waals surface area (Å²) in [5, 5.41) is 3.69. The molecular weight excluding hydrogens is 302 g/mol. The van der Waals surface area contributed by atoms with Gasteiger partial charge in [-0.1, -0.05) is 31.7 Å². The van der Waals surface area contributed by atoms with Crippen molar-refractivity contribution in [3.63, 3.8) is 0 Å². The van der Waals surface area contributed by atoms with Crippen molar-refractivity contribution >= 4 is 15.9 Å². The van der Waals surface area contributed by atoms with Gasteiger partial charge in [-0.2, -0.15) is 0 Å². The van der Waals surface area contributed by atoms with Gasteiger partial charge in [-0.3, -0.25) is 0 Å². The molecular formula is C16H24BrNO. The normalized spacial score (nSPS) is 17.2. The second kappa shape index (κ2) is 7.91. The molecule has 1 aromatic carbocycles. The summed E-state index contributed by atoms with van der Waals surface area (Å²) in [6, 6.07) is 7.07. The molecule has 0 unspecified atom stereocenters. The highest BCUT2D eigenvalue weighted by atomic mass is 79.9. The molecule has 0 saturated heterocycles. The second-order valence-corrected chi connectivity index (χ2v) is 6.12. The Kier molecular flexibility index (Phi) is 6.18. The summed E-state index contributed by atoms with van der Waals surface area (Å²) >= 11 is 3.57. The fraction of sp³-hybridized carbons (Fsp3) is 0.625. The van der Waals surface area contributed by atoms with E-state index in [2.05, 4.69) is 39.4 Å². The van der Waals surface area contributed by atoms with Gasteiger partial charge in [0.2, 0.25) is 0 Å². The molecule has 0 spiro atoms. The van der Waals surface area contributed by atoms with Crippen LogP contribution in [0.1, 0.15) is 51.0 Å². The Bertz CT molecular complexity index is 386. The Morgan fingerprint density at radius 2 is 1.95 bits per heavy atom. The quantitative estimate of drug-likeness (QED) is 0.795. The van der Waals surface area contributed by atoms with Crippen LogP contribution in [0.2, 0.25) is 0 Å². The summed E-state index contributed by atoms with van der Waals surface area (Å²) in [6.07, 6.45) is 8.24. The summed E-state index contributed by atoms with van der Waals surface area (Å²) in [4.78, 5) is 0. The summed E-state index contributed by atoms with van der Waals surface area (Å²) in [7, 11) is 0. The molecule has 0 amide bonds. The van der Waals surface area contributed by atoms with Crippen LogP contribution in [-0.2, 0) is 6.54 Å². The minimum absolute atomic E-state index is 0.702. The largest absolute Gasteiger partial charge is 0.493 e. The van der Waals surface area contributed by atoms with Crippen molar-refractivity contribution in [2.24, 2.45) is 0 Å². The molecule has 1 N–H and O–H groups in total. The van der Waals surface area contributed by atoms with Crippen molar-refractivity contribution in [1.29, 1.82) is 0 Å². The SMILES string of the molecule is CCOc1ccc(CNC2CCCCCC2)cc1Br. The van der Waals surface area contributed by atoms with Crippen molar-refractivity contribution in [1.82, 2.24) is 5.32 Å². The Hall–Kier alpha value is -0.540. The van der Waals surface area contributed by atoms with Crippen molar-refractivity contribution in [3.8, 4) is 5.75 Å². The molecule has 1 fully saturated rings. The predicted octanol–water partition coefficient (Wildman–Crippen LogP) is 4.66. The van der Waals surface area contributed by atoms with E-state index in [1.165, 1.54) is 44.1 Å². The van der Waals surface area contributed by atoms with Gasteiger partial charge in [0, 0.05) is 12.6 Å². The molecule has 1 aliphatic rings. The Morgan fingerprint density at radius 1 is 1.21 bits per heavy atom. The molecule has 0 heterocycles. The van der Waals surface area contributed by atoms with Gasteiger partial charge in [-0.05, 0) is 53.4 Å². The zero-order valence-corrected chi connectivity index (χ0v) is 13.3. The Balaban J connectivity index is 1.86. The first kappa shape index (κ1) is 14.9. The highest BCUT2D eigenvalue weighted by Crippen LogP contribution is 2.26. The van der Waals surface area contributed by atoms with E-state index in [0.29, 0.717) is 12.6 Å². The van der Waals surface area contributed by atoms with E-state index in [1.54, 1.807) is 0 Å². The lowest BCUT2D eigenvalue weighted by Gasteiger charge is -2.16. The number of benzene rings is 1. The van der Waals surface area contributed by atoms with Crippen LogP contribution in [-0.4, -0.2) is 12.6 Å². The molecule has 0 aliphatic heterocycles. The Labute approximate surface area is 125 Å². The van der Waals surface area contributed by atoms with Crippen LogP contribution in [0.25, 0.3) is 0 Å². The van der Waals surface area contributed by atoms with Crippen LogP contribution >= 0.6 is 15.9 Å². The maximum Gasteiger partial charge on any atom is 0.133 e. The summed E-state index contributed by atoms with van der Waals surface area (Å²) in [5.41, 5.74) is 1.32. The summed E-state index contributed by atoms with van der Waals surface area (Å²) < 4.78 is 6.59. The van der Waals surface area contributed by atoms with Crippen LogP contribution < -0.4 is 10.1 Å². The first-order valence-corrected chi connectivity index (χ1v) is 8.23. The first-order valence-electron chi connectivity index (χ1n) is 7.44. The molecule has 2 nitrogen and oxygen atoms in total. The molecule has 1 saturated carbocycles. The minimum Gasteiger partial charge on any atom is -0.493 e. The maximum absolute atomic E-state index is 5.54. The zero-order chi connectivity index (χ0) is 13.5. The van der Waals surface area contributed by atoms with E-state index in [1.807, 2.05) is 6.92 Å². The molecule has 2 rings (SSSR count). The third-order valence-electron chi connectivity index (χ3n) is 3.75. The standard InChI is InChI=1S/C16H24BrNO/c1-2-19-16-10-9-13(11-15(16)17)12-18-14-7-5-3-4-6-8-14/h9-11,14,18H,2-8,12H2,1H3. The summed E-state index contributed by atoms with van der Waals surface area (Å²) in [6.45, 7) is 3.67. The van der Waals surface area contributed by atoms with Gasteiger partial charge in [0.25, 0.3) is 0 Å². The van der Waals surface area contributed by atoms with Crippen LogP contribution in [0.3, 0.4) is 0 Å². The summed E-state index contributed by atoms with van der Waals surface area (Å²) in [5.74, 6) is 0.931. The minimum atomic E-state index is 0.702. The third kappa shape index (κ3) is 4.81. The van der Waals surface area contributed by atoms with Crippen molar-refractivity contribution in [2.45, 2.75) is 58.0 Å². The van der Waals surface area contributed by atoms with Crippen LogP contribution in [0, 0.1) is 0 Å². The number of ether oxygens (including phenoxy) is 1. The van der Waals surface area contributed by atoms with Crippen LogP contribution in [0.5, 0.6) is 5.75 Å². The van der Waals surface area contributed by atoms with Gasteiger partial charge in [-0.15, -0.1) is 0 Å². The van der Waals surface area contributed by atoms with E-state index < -0.39 is 0 Å². The fourth-order valence-corrected chi connectivity index (χ4v) is 3.21. The van der Waals surface area contributed by atoms with Gasteiger partial charge in [-0.25, -0.2) is 0 Å². The Morgan fingerprint density at radius 3 is 2.58 bits per heavy atom. The van der Waals surface area contributed by atoms with Gasteiger partial charge in [0.05, 0.1) is 11.1 Å². The number of hydrogen-bond acceptors (Lipinski definition) is 2. The lowest BCUT2D eigenvalue weighted by atomic mass is 10.1. The van der Waals surface area contributed by atoms with E-state index in [9.17, 15) is 0 Å². The smallest absolute Gasteiger partial charge is 0.133 e. The van der Waals surface area contributed by atoms with Gasteiger partial charge < -0.3 is 10.1 Å². The lowest BCUT2D eigenvalue weighted by molar-refractivity contribution is 0.338. The topological polar surface area (TPSA) is 21.3 Å². The average molecular weight is 326 g/mol. The van der Waals surface area contributed by atoms with Crippen molar-refractivity contribution in [2.75, 3.05) is 6.61 Å². The van der Waals surface area contributed by atoms with Crippen LogP contribution in [0.15, 0.2) is 22.7 Å². The highest BCUT2D eigenvalue weighted by Gasteiger charge is 2.11.